The number of carbonyl (C=O) groups is 1. The van der Waals surface area contributed by atoms with Crippen molar-refractivity contribution in [1.29, 1.82) is 0 Å². The van der Waals surface area contributed by atoms with Crippen molar-refractivity contribution in [2.24, 2.45) is 11.8 Å². The average molecular weight is 437 g/mol. The lowest BCUT2D eigenvalue weighted by Crippen LogP contribution is -2.68. The number of esters is 1. The van der Waals surface area contributed by atoms with Crippen molar-refractivity contribution in [1.82, 2.24) is 0 Å². The first-order valence-electron chi connectivity index (χ1n) is 11.3. The quantitative estimate of drug-likeness (QED) is 0.328. The molecule has 166 valence electrons. The maximum absolute atomic E-state index is 12.0. The van der Waals surface area contributed by atoms with Crippen LogP contribution < -0.4 is 10.4 Å². The van der Waals surface area contributed by atoms with Gasteiger partial charge in [-0.25, -0.2) is 0 Å². The van der Waals surface area contributed by atoms with Gasteiger partial charge in [-0.15, -0.1) is 6.58 Å². The summed E-state index contributed by atoms with van der Waals surface area (Å²) in [5.74, 6) is 0.414. The van der Waals surface area contributed by atoms with Gasteiger partial charge in [-0.1, -0.05) is 87.5 Å². The van der Waals surface area contributed by atoms with Crippen LogP contribution in [0.4, 0.5) is 0 Å². The number of hydrogen-bond acceptors (Lipinski definition) is 3. The Balaban J connectivity index is 2.06. The van der Waals surface area contributed by atoms with Gasteiger partial charge in [-0.05, 0) is 46.5 Å². The van der Waals surface area contributed by atoms with Crippen molar-refractivity contribution in [2.45, 2.75) is 57.6 Å². The number of methoxy groups -OCH3 is 1. The Bertz CT molecular complexity index is 818. The first-order valence-corrected chi connectivity index (χ1v) is 13.2. The molecular formula is C27H36O3Si. The summed E-state index contributed by atoms with van der Waals surface area (Å²) in [5.41, 5.74) is 0. The molecule has 1 saturated carbocycles. The van der Waals surface area contributed by atoms with Crippen molar-refractivity contribution in [3.05, 3.63) is 73.3 Å². The standard InChI is InChI=1S/C27H36O3Si/c1-6-13-24-21(20-26(28)29-5)18-19-25(24)30-31(27(2,3)4,22-14-9-7-10-15-22)23-16-11-8-12-17-23/h6-12,14-17,21,24-25H,1,13,18-20H2,2-5H3/t21-,24+,25+/m1/s1. The van der Waals surface area contributed by atoms with E-state index < -0.39 is 8.32 Å². The molecule has 0 bridgehead atoms. The molecule has 1 fully saturated rings. The van der Waals surface area contributed by atoms with E-state index in [1.54, 1.807) is 0 Å². The van der Waals surface area contributed by atoms with Gasteiger partial charge in [0.15, 0.2) is 0 Å². The third kappa shape index (κ3) is 4.86. The van der Waals surface area contributed by atoms with Gasteiger partial charge >= 0.3 is 5.97 Å². The summed E-state index contributed by atoms with van der Waals surface area (Å²) >= 11 is 0. The average Bonchev–Trinajstić information content (AvgIpc) is 3.13. The Hall–Kier alpha value is -2.17. The summed E-state index contributed by atoms with van der Waals surface area (Å²) in [5, 5.41) is 2.53. The molecule has 0 heterocycles. The zero-order chi connectivity index (χ0) is 22.5. The summed E-state index contributed by atoms with van der Waals surface area (Å²) in [7, 11) is -1.15. The van der Waals surface area contributed by atoms with E-state index in [1.807, 2.05) is 6.08 Å². The zero-order valence-electron chi connectivity index (χ0n) is 19.3. The number of carbonyl (C=O) groups excluding carboxylic acids is 1. The van der Waals surface area contributed by atoms with Gasteiger partial charge in [0.25, 0.3) is 8.32 Å². The molecule has 0 aliphatic heterocycles. The molecule has 31 heavy (non-hydrogen) atoms. The smallest absolute Gasteiger partial charge is 0.305 e. The fourth-order valence-corrected chi connectivity index (χ4v) is 10.0. The van der Waals surface area contributed by atoms with Crippen LogP contribution in [0.3, 0.4) is 0 Å². The summed E-state index contributed by atoms with van der Waals surface area (Å²) < 4.78 is 12.4. The fraction of sp³-hybridized carbons (Fsp3) is 0.444. The largest absolute Gasteiger partial charge is 0.469 e. The predicted octanol–water partition coefficient (Wildman–Crippen LogP) is 5.10. The lowest BCUT2D eigenvalue weighted by atomic mass is 9.89. The minimum Gasteiger partial charge on any atom is -0.469 e. The van der Waals surface area contributed by atoms with E-state index in [1.165, 1.54) is 17.5 Å². The van der Waals surface area contributed by atoms with E-state index in [0.717, 1.165) is 19.3 Å². The van der Waals surface area contributed by atoms with E-state index in [9.17, 15) is 4.79 Å². The van der Waals surface area contributed by atoms with Gasteiger partial charge in [0.05, 0.1) is 7.11 Å². The van der Waals surface area contributed by atoms with Crippen molar-refractivity contribution < 1.29 is 14.0 Å². The summed E-state index contributed by atoms with van der Waals surface area (Å²) in [6.07, 6.45) is 5.32. The first kappa shape index (κ1) is 23.5. The Kier molecular flexibility index (Phi) is 7.55. The van der Waals surface area contributed by atoms with Gasteiger partial charge in [0.1, 0.15) is 0 Å². The highest BCUT2D eigenvalue weighted by Crippen LogP contribution is 2.44. The van der Waals surface area contributed by atoms with E-state index in [0.29, 0.717) is 6.42 Å². The van der Waals surface area contributed by atoms with Crippen molar-refractivity contribution >= 4 is 24.7 Å². The SMILES string of the molecule is C=CC[C@H]1[C@@H](CC(=O)OC)CC[C@@H]1O[Si](c1ccccc1)(c1ccccc1)C(C)(C)C. The van der Waals surface area contributed by atoms with E-state index in [2.05, 4.69) is 88.0 Å². The molecule has 3 atom stereocenters. The lowest BCUT2D eigenvalue weighted by Gasteiger charge is -2.45. The second-order valence-electron chi connectivity index (χ2n) is 9.63. The molecule has 0 saturated heterocycles. The third-order valence-electron chi connectivity index (χ3n) is 6.75. The number of ether oxygens (including phenoxy) is 1. The third-order valence-corrected chi connectivity index (χ3v) is 11.8. The van der Waals surface area contributed by atoms with E-state index >= 15 is 0 Å². The molecule has 3 rings (SSSR count). The van der Waals surface area contributed by atoms with Crippen molar-refractivity contribution in [3.63, 3.8) is 0 Å². The number of hydrogen-bond donors (Lipinski definition) is 0. The second kappa shape index (κ2) is 9.97. The Morgan fingerprint density at radius 1 is 1.03 bits per heavy atom. The highest BCUT2D eigenvalue weighted by molar-refractivity contribution is 6.99. The van der Waals surface area contributed by atoms with Gasteiger partial charge in [-0.2, -0.15) is 0 Å². The predicted molar refractivity (Wildman–Crippen MR) is 130 cm³/mol. The zero-order valence-corrected chi connectivity index (χ0v) is 20.3. The summed E-state index contributed by atoms with van der Waals surface area (Å²) in [4.78, 5) is 12.0. The molecule has 0 amide bonds. The number of rotatable bonds is 8. The molecule has 4 heteroatoms. The molecule has 2 aromatic rings. The number of benzene rings is 2. The molecule has 0 unspecified atom stereocenters. The van der Waals surface area contributed by atoms with Crippen LogP contribution in [0.25, 0.3) is 0 Å². The van der Waals surface area contributed by atoms with Crippen molar-refractivity contribution in [3.8, 4) is 0 Å². The van der Waals surface area contributed by atoms with Crippen LogP contribution in [-0.4, -0.2) is 27.5 Å². The van der Waals surface area contributed by atoms with Crippen LogP contribution in [0.2, 0.25) is 5.04 Å². The molecule has 0 N–H and O–H groups in total. The van der Waals surface area contributed by atoms with Crippen LogP contribution in [0.15, 0.2) is 73.3 Å². The van der Waals surface area contributed by atoms with Gasteiger partial charge in [0, 0.05) is 12.5 Å². The molecule has 0 aromatic heterocycles. The van der Waals surface area contributed by atoms with Crippen LogP contribution in [-0.2, 0) is 14.0 Å². The van der Waals surface area contributed by atoms with Crippen LogP contribution in [0.1, 0.15) is 46.5 Å². The summed E-state index contributed by atoms with van der Waals surface area (Å²) in [6.45, 7) is 10.9. The van der Waals surface area contributed by atoms with Crippen LogP contribution in [0, 0.1) is 11.8 Å². The van der Waals surface area contributed by atoms with Gasteiger partial charge in [-0.3, -0.25) is 4.79 Å². The highest BCUT2D eigenvalue weighted by Gasteiger charge is 2.53. The van der Waals surface area contributed by atoms with Crippen LogP contribution >= 0.6 is 0 Å². The molecule has 1 aliphatic rings. The molecule has 3 nitrogen and oxygen atoms in total. The number of allylic oxidation sites excluding steroid dienone is 1. The monoisotopic (exact) mass is 436 g/mol. The van der Waals surface area contributed by atoms with Crippen LogP contribution in [0.5, 0.6) is 0 Å². The molecule has 0 spiro atoms. The fourth-order valence-electron chi connectivity index (χ4n) is 5.26. The normalized spacial score (nSPS) is 21.6. The minimum atomic E-state index is -2.61. The maximum Gasteiger partial charge on any atom is 0.305 e. The Morgan fingerprint density at radius 2 is 1.58 bits per heavy atom. The Labute approximate surface area is 188 Å². The summed E-state index contributed by atoms with van der Waals surface area (Å²) in [6, 6.07) is 21.5. The maximum atomic E-state index is 12.0. The van der Waals surface area contributed by atoms with E-state index in [4.69, 9.17) is 9.16 Å². The van der Waals surface area contributed by atoms with Gasteiger partial charge < -0.3 is 9.16 Å². The first-order chi connectivity index (χ1) is 14.8. The molecular weight excluding hydrogens is 400 g/mol. The molecule has 0 radical (unpaired) electrons. The molecule has 2 aromatic carbocycles. The van der Waals surface area contributed by atoms with Crippen molar-refractivity contribution in [2.75, 3.05) is 7.11 Å². The lowest BCUT2D eigenvalue weighted by molar-refractivity contribution is -0.142. The minimum absolute atomic E-state index is 0.0606. The van der Waals surface area contributed by atoms with Gasteiger partial charge in [0.2, 0.25) is 0 Å². The highest BCUT2D eigenvalue weighted by atomic mass is 28.4. The molecule has 1 aliphatic carbocycles. The topological polar surface area (TPSA) is 35.5 Å². The second-order valence-corrected chi connectivity index (χ2v) is 13.9. The Morgan fingerprint density at radius 3 is 2.03 bits per heavy atom. The van der Waals surface area contributed by atoms with E-state index in [-0.39, 0.29) is 28.9 Å².